The van der Waals surface area contributed by atoms with Gasteiger partial charge in [0.15, 0.2) is 0 Å². The molecule has 0 aromatic heterocycles. The van der Waals surface area contributed by atoms with Gasteiger partial charge in [0.2, 0.25) is 0 Å². The predicted octanol–water partition coefficient (Wildman–Crippen LogP) is 4.53. The zero-order valence-corrected chi connectivity index (χ0v) is 13.9. The van der Waals surface area contributed by atoms with Gasteiger partial charge in [-0.1, -0.05) is 40.0 Å². The second-order valence-electron chi connectivity index (χ2n) is 7.54. The monoisotopic (exact) mass is 281 g/mol. The van der Waals surface area contributed by atoms with Crippen LogP contribution >= 0.6 is 0 Å². The maximum Gasteiger partial charge on any atom is 0.0685 e. The van der Waals surface area contributed by atoms with Crippen LogP contribution in [0.15, 0.2) is 0 Å². The number of hydrogen-bond donors (Lipinski definition) is 1. The summed E-state index contributed by atoms with van der Waals surface area (Å²) in [5, 5.41) is 3.84. The van der Waals surface area contributed by atoms with Gasteiger partial charge in [0, 0.05) is 12.6 Å². The molecule has 2 fully saturated rings. The highest BCUT2D eigenvalue weighted by Gasteiger charge is 2.40. The summed E-state index contributed by atoms with van der Waals surface area (Å²) in [5.74, 6) is 1.62. The van der Waals surface area contributed by atoms with Gasteiger partial charge in [-0.05, 0) is 56.9 Å². The second-order valence-corrected chi connectivity index (χ2v) is 7.54. The van der Waals surface area contributed by atoms with Crippen LogP contribution in [0.4, 0.5) is 0 Å². The number of ether oxygens (including phenoxy) is 1. The third-order valence-electron chi connectivity index (χ3n) is 5.25. The van der Waals surface area contributed by atoms with E-state index in [1.807, 2.05) is 0 Å². The first-order valence-corrected chi connectivity index (χ1v) is 9.02. The van der Waals surface area contributed by atoms with Gasteiger partial charge in [0.25, 0.3) is 0 Å². The average molecular weight is 281 g/mol. The maximum absolute atomic E-state index is 6.27. The third-order valence-corrected chi connectivity index (χ3v) is 5.25. The van der Waals surface area contributed by atoms with Gasteiger partial charge >= 0.3 is 0 Å². The Bertz CT molecular complexity index is 265. The molecular formula is C18H35NO. The molecule has 1 aliphatic carbocycles. The van der Waals surface area contributed by atoms with Crippen molar-refractivity contribution in [3.05, 3.63) is 0 Å². The Kier molecular flexibility index (Phi) is 6.35. The van der Waals surface area contributed by atoms with E-state index in [2.05, 4.69) is 26.1 Å². The summed E-state index contributed by atoms with van der Waals surface area (Å²) < 4.78 is 6.27. The van der Waals surface area contributed by atoms with Gasteiger partial charge in [-0.25, -0.2) is 0 Å². The van der Waals surface area contributed by atoms with E-state index in [4.69, 9.17) is 4.74 Å². The van der Waals surface area contributed by atoms with Crippen LogP contribution in [0.5, 0.6) is 0 Å². The Morgan fingerprint density at radius 2 is 1.95 bits per heavy atom. The van der Waals surface area contributed by atoms with E-state index < -0.39 is 0 Å². The normalized spacial score (nSPS) is 27.9. The van der Waals surface area contributed by atoms with E-state index >= 15 is 0 Å². The molecular weight excluding hydrogens is 246 g/mol. The van der Waals surface area contributed by atoms with Crippen molar-refractivity contribution in [1.29, 1.82) is 0 Å². The standard InChI is InChI=1S/C18H35NO/c1-4-11-19-17(13-15(2)3)16-8-12-20-18(14-16)9-6-5-7-10-18/h15-17,19H,4-14H2,1-3H3. The van der Waals surface area contributed by atoms with Crippen LogP contribution in [0.1, 0.15) is 78.6 Å². The van der Waals surface area contributed by atoms with Crippen LogP contribution in [0, 0.1) is 11.8 Å². The molecule has 2 aliphatic rings. The molecule has 20 heavy (non-hydrogen) atoms. The Morgan fingerprint density at radius 3 is 2.60 bits per heavy atom. The molecule has 0 amide bonds. The molecule has 1 saturated carbocycles. The molecule has 1 spiro atoms. The van der Waals surface area contributed by atoms with Crippen LogP contribution in [0.2, 0.25) is 0 Å². The minimum absolute atomic E-state index is 0.254. The van der Waals surface area contributed by atoms with Gasteiger partial charge < -0.3 is 10.1 Å². The average Bonchev–Trinajstić information content (AvgIpc) is 2.44. The van der Waals surface area contributed by atoms with Gasteiger partial charge in [-0.3, -0.25) is 0 Å². The molecule has 0 bridgehead atoms. The van der Waals surface area contributed by atoms with Crippen molar-refractivity contribution >= 4 is 0 Å². The molecule has 0 radical (unpaired) electrons. The molecule has 2 unspecified atom stereocenters. The topological polar surface area (TPSA) is 21.3 Å². The highest BCUT2D eigenvalue weighted by Crippen LogP contribution is 2.42. The van der Waals surface area contributed by atoms with E-state index in [0.29, 0.717) is 6.04 Å². The minimum Gasteiger partial charge on any atom is -0.375 e. The summed E-state index contributed by atoms with van der Waals surface area (Å²) in [5.41, 5.74) is 0.254. The SMILES string of the molecule is CCCNC(CC(C)C)C1CCOC2(CCCCC2)C1. The quantitative estimate of drug-likeness (QED) is 0.772. The molecule has 2 atom stereocenters. The van der Waals surface area contributed by atoms with E-state index in [1.165, 1.54) is 64.3 Å². The zero-order chi connectivity index (χ0) is 14.4. The molecule has 2 heteroatoms. The summed E-state index contributed by atoms with van der Waals surface area (Å²) in [4.78, 5) is 0. The summed E-state index contributed by atoms with van der Waals surface area (Å²) in [6.45, 7) is 9.15. The second kappa shape index (κ2) is 7.79. The number of hydrogen-bond acceptors (Lipinski definition) is 2. The molecule has 2 rings (SSSR count). The van der Waals surface area contributed by atoms with Crippen molar-refractivity contribution in [2.45, 2.75) is 90.2 Å². The lowest BCUT2D eigenvalue weighted by Crippen LogP contribution is -2.48. The molecule has 1 N–H and O–H groups in total. The predicted molar refractivity (Wildman–Crippen MR) is 86.0 cm³/mol. The molecule has 0 aromatic carbocycles. The lowest BCUT2D eigenvalue weighted by molar-refractivity contribution is -0.122. The summed E-state index contributed by atoms with van der Waals surface area (Å²) in [6, 6.07) is 0.706. The van der Waals surface area contributed by atoms with Crippen molar-refractivity contribution in [1.82, 2.24) is 5.32 Å². The van der Waals surface area contributed by atoms with Crippen LogP contribution < -0.4 is 5.32 Å². The first kappa shape index (κ1) is 16.3. The zero-order valence-electron chi connectivity index (χ0n) is 13.9. The van der Waals surface area contributed by atoms with Crippen LogP contribution in [-0.4, -0.2) is 24.8 Å². The summed E-state index contributed by atoms with van der Waals surface area (Å²) >= 11 is 0. The lowest BCUT2D eigenvalue weighted by atomic mass is 9.73. The van der Waals surface area contributed by atoms with Crippen molar-refractivity contribution in [3.8, 4) is 0 Å². The van der Waals surface area contributed by atoms with E-state index in [1.54, 1.807) is 0 Å². The van der Waals surface area contributed by atoms with Gasteiger partial charge in [-0.2, -0.15) is 0 Å². The highest BCUT2D eigenvalue weighted by atomic mass is 16.5. The minimum atomic E-state index is 0.254. The van der Waals surface area contributed by atoms with E-state index in [9.17, 15) is 0 Å². The van der Waals surface area contributed by atoms with Gasteiger partial charge in [-0.15, -0.1) is 0 Å². The first-order valence-electron chi connectivity index (χ1n) is 9.02. The summed E-state index contributed by atoms with van der Waals surface area (Å²) in [6.07, 6.45) is 11.9. The molecule has 0 aromatic rings. The number of nitrogens with one attached hydrogen (secondary N) is 1. The summed E-state index contributed by atoms with van der Waals surface area (Å²) in [7, 11) is 0. The van der Waals surface area contributed by atoms with Gasteiger partial charge in [0.05, 0.1) is 5.60 Å². The Labute approximate surface area is 126 Å². The lowest BCUT2D eigenvalue weighted by Gasteiger charge is -2.46. The maximum atomic E-state index is 6.27. The molecule has 1 heterocycles. The van der Waals surface area contributed by atoms with Crippen molar-refractivity contribution in [2.75, 3.05) is 13.2 Å². The molecule has 1 saturated heterocycles. The van der Waals surface area contributed by atoms with Crippen LogP contribution in [0.25, 0.3) is 0 Å². The first-order chi connectivity index (χ1) is 9.65. The number of rotatable bonds is 6. The smallest absolute Gasteiger partial charge is 0.0685 e. The molecule has 1 aliphatic heterocycles. The fraction of sp³-hybridized carbons (Fsp3) is 1.00. The fourth-order valence-electron chi connectivity index (χ4n) is 4.23. The van der Waals surface area contributed by atoms with E-state index in [0.717, 1.165) is 18.4 Å². The Balaban J connectivity index is 1.96. The van der Waals surface area contributed by atoms with Crippen molar-refractivity contribution in [3.63, 3.8) is 0 Å². The van der Waals surface area contributed by atoms with Crippen LogP contribution in [-0.2, 0) is 4.74 Å². The van der Waals surface area contributed by atoms with E-state index in [-0.39, 0.29) is 5.60 Å². The highest BCUT2D eigenvalue weighted by molar-refractivity contribution is 4.93. The van der Waals surface area contributed by atoms with Crippen molar-refractivity contribution < 1.29 is 4.74 Å². The largest absolute Gasteiger partial charge is 0.375 e. The van der Waals surface area contributed by atoms with Crippen LogP contribution in [0.3, 0.4) is 0 Å². The molecule has 118 valence electrons. The third kappa shape index (κ3) is 4.46. The fourth-order valence-corrected chi connectivity index (χ4v) is 4.23. The van der Waals surface area contributed by atoms with Gasteiger partial charge in [0.1, 0.15) is 0 Å². The Hall–Kier alpha value is -0.0800. The Morgan fingerprint density at radius 1 is 1.20 bits per heavy atom. The van der Waals surface area contributed by atoms with Crippen molar-refractivity contribution in [2.24, 2.45) is 11.8 Å². The molecule has 2 nitrogen and oxygen atoms in total.